The Morgan fingerprint density at radius 2 is 1.61 bits per heavy atom. The monoisotopic (exact) mass is 257 g/mol. The molecular weight excluding hydrogens is 222 g/mol. The molecule has 0 rings (SSSR count). The van der Waals surface area contributed by atoms with Gasteiger partial charge in [-0.25, -0.2) is 0 Å². The summed E-state index contributed by atoms with van der Waals surface area (Å²) in [5, 5.41) is 3.69. The van der Waals surface area contributed by atoms with Gasteiger partial charge >= 0.3 is 0 Å². The number of nitrogens with zero attached hydrogens (tertiary/aromatic N) is 2. The molecule has 0 aromatic rings. The maximum Gasteiger partial charge on any atom is 0.0221 e. The van der Waals surface area contributed by atoms with E-state index in [0.29, 0.717) is 12.1 Å². The first-order chi connectivity index (χ1) is 8.56. The van der Waals surface area contributed by atoms with E-state index >= 15 is 0 Å². The molecule has 0 aliphatic heterocycles. The molecule has 110 valence electrons. The highest BCUT2D eigenvalue weighted by molar-refractivity contribution is 4.80. The highest BCUT2D eigenvalue weighted by atomic mass is 15.2. The maximum absolute atomic E-state index is 3.69. The minimum atomic E-state index is 0.624. The molecule has 2 unspecified atom stereocenters. The van der Waals surface area contributed by atoms with Gasteiger partial charge in [-0.2, -0.15) is 0 Å². The normalized spacial score (nSPS) is 15.3. The SMILES string of the molecule is CCCNC(CC)C(C)N(CCC)CCN(C)C. The number of likely N-dealkylation sites (N-methyl/N-ethyl adjacent to an activating group) is 1. The Morgan fingerprint density at radius 3 is 2.06 bits per heavy atom. The third kappa shape index (κ3) is 7.34. The first-order valence-corrected chi connectivity index (χ1v) is 7.68. The maximum atomic E-state index is 3.69. The molecule has 0 saturated carbocycles. The first kappa shape index (κ1) is 17.9. The molecule has 0 aliphatic carbocycles. The van der Waals surface area contributed by atoms with E-state index in [9.17, 15) is 0 Å². The summed E-state index contributed by atoms with van der Waals surface area (Å²) < 4.78 is 0. The minimum absolute atomic E-state index is 0.624. The van der Waals surface area contributed by atoms with E-state index in [1.165, 1.54) is 32.4 Å². The lowest BCUT2D eigenvalue weighted by atomic mass is 10.0. The third-order valence-corrected chi connectivity index (χ3v) is 3.60. The Kier molecular flexibility index (Phi) is 10.7. The quantitative estimate of drug-likeness (QED) is 0.613. The topological polar surface area (TPSA) is 18.5 Å². The van der Waals surface area contributed by atoms with E-state index in [2.05, 4.69) is 56.9 Å². The van der Waals surface area contributed by atoms with Crippen molar-refractivity contribution in [3.63, 3.8) is 0 Å². The fourth-order valence-electron chi connectivity index (χ4n) is 2.37. The van der Waals surface area contributed by atoms with Crippen molar-refractivity contribution in [2.75, 3.05) is 40.3 Å². The molecule has 1 N–H and O–H groups in total. The van der Waals surface area contributed by atoms with Gasteiger partial charge in [0.25, 0.3) is 0 Å². The van der Waals surface area contributed by atoms with Gasteiger partial charge in [0.2, 0.25) is 0 Å². The van der Waals surface area contributed by atoms with E-state index in [0.717, 1.165) is 13.1 Å². The van der Waals surface area contributed by atoms with Crippen molar-refractivity contribution in [2.45, 2.75) is 59.0 Å². The smallest absolute Gasteiger partial charge is 0.0221 e. The molecule has 18 heavy (non-hydrogen) atoms. The van der Waals surface area contributed by atoms with Gasteiger partial charge < -0.3 is 10.2 Å². The molecule has 0 saturated heterocycles. The lowest BCUT2D eigenvalue weighted by Crippen LogP contribution is -2.50. The third-order valence-electron chi connectivity index (χ3n) is 3.60. The van der Waals surface area contributed by atoms with Crippen molar-refractivity contribution in [2.24, 2.45) is 0 Å². The molecule has 0 amide bonds. The molecule has 0 spiro atoms. The van der Waals surface area contributed by atoms with Crippen LogP contribution in [0.1, 0.15) is 47.0 Å². The van der Waals surface area contributed by atoms with Crippen LogP contribution >= 0.6 is 0 Å². The average molecular weight is 257 g/mol. The summed E-state index contributed by atoms with van der Waals surface area (Å²) in [7, 11) is 4.31. The Labute approximate surface area is 115 Å². The summed E-state index contributed by atoms with van der Waals surface area (Å²) >= 11 is 0. The fraction of sp³-hybridized carbons (Fsp3) is 1.00. The molecule has 0 aromatic heterocycles. The van der Waals surface area contributed by atoms with Gasteiger partial charge in [-0.05, 0) is 53.4 Å². The zero-order valence-electron chi connectivity index (χ0n) is 13.5. The Balaban J connectivity index is 4.34. The number of nitrogens with one attached hydrogen (secondary N) is 1. The molecule has 0 heterocycles. The van der Waals surface area contributed by atoms with Crippen molar-refractivity contribution < 1.29 is 0 Å². The predicted octanol–water partition coefficient (Wildman–Crippen LogP) is 2.43. The van der Waals surface area contributed by atoms with Gasteiger partial charge in [0.1, 0.15) is 0 Å². The molecule has 0 radical (unpaired) electrons. The van der Waals surface area contributed by atoms with Crippen LogP contribution in [0.25, 0.3) is 0 Å². The standard InChI is InChI=1S/C15H35N3/c1-7-10-16-15(9-3)14(4)18(11-8-2)13-12-17(5)6/h14-16H,7-13H2,1-6H3. The van der Waals surface area contributed by atoms with Crippen molar-refractivity contribution >= 4 is 0 Å². The molecule has 0 aromatic carbocycles. The number of hydrogen-bond acceptors (Lipinski definition) is 3. The van der Waals surface area contributed by atoms with Crippen LogP contribution in [0.3, 0.4) is 0 Å². The molecule has 3 heteroatoms. The Hall–Kier alpha value is -0.120. The van der Waals surface area contributed by atoms with Crippen LogP contribution < -0.4 is 5.32 Å². The highest BCUT2D eigenvalue weighted by Gasteiger charge is 2.20. The van der Waals surface area contributed by atoms with Crippen LogP contribution in [0.5, 0.6) is 0 Å². The Morgan fingerprint density at radius 1 is 0.944 bits per heavy atom. The molecule has 0 fully saturated rings. The van der Waals surface area contributed by atoms with Gasteiger partial charge in [-0.15, -0.1) is 0 Å². The van der Waals surface area contributed by atoms with Crippen molar-refractivity contribution in [3.8, 4) is 0 Å². The van der Waals surface area contributed by atoms with Gasteiger partial charge in [0, 0.05) is 25.2 Å². The molecule has 0 bridgehead atoms. The van der Waals surface area contributed by atoms with Gasteiger partial charge in [-0.1, -0.05) is 20.8 Å². The van der Waals surface area contributed by atoms with E-state index < -0.39 is 0 Å². The van der Waals surface area contributed by atoms with E-state index in [1.54, 1.807) is 0 Å². The summed E-state index contributed by atoms with van der Waals surface area (Å²) in [5.41, 5.74) is 0. The predicted molar refractivity (Wildman–Crippen MR) is 82.3 cm³/mol. The zero-order chi connectivity index (χ0) is 14.0. The first-order valence-electron chi connectivity index (χ1n) is 7.68. The second kappa shape index (κ2) is 10.8. The summed E-state index contributed by atoms with van der Waals surface area (Å²) in [6.07, 6.45) is 3.67. The van der Waals surface area contributed by atoms with Crippen LogP contribution in [0.15, 0.2) is 0 Å². The number of hydrogen-bond donors (Lipinski definition) is 1. The van der Waals surface area contributed by atoms with Gasteiger partial charge in [0.05, 0.1) is 0 Å². The van der Waals surface area contributed by atoms with E-state index in [-0.39, 0.29) is 0 Å². The Bertz CT molecular complexity index is 183. The van der Waals surface area contributed by atoms with Crippen LogP contribution in [0.4, 0.5) is 0 Å². The van der Waals surface area contributed by atoms with Crippen LogP contribution in [-0.2, 0) is 0 Å². The lowest BCUT2D eigenvalue weighted by Gasteiger charge is -2.35. The van der Waals surface area contributed by atoms with Gasteiger partial charge in [-0.3, -0.25) is 4.90 Å². The second-order valence-electron chi connectivity index (χ2n) is 5.55. The van der Waals surface area contributed by atoms with Crippen molar-refractivity contribution in [3.05, 3.63) is 0 Å². The molecule has 3 nitrogen and oxygen atoms in total. The van der Waals surface area contributed by atoms with Crippen LogP contribution in [0, 0.1) is 0 Å². The van der Waals surface area contributed by atoms with Gasteiger partial charge in [0.15, 0.2) is 0 Å². The molecule has 0 aliphatic rings. The van der Waals surface area contributed by atoms with E-state index in [1.807, 2.05) is 0 Å². The molecular formula is C15H35N3. The fourth-order valence-corrected chi connectivity index (χ4v) is 2.37. The highest BCUT2D eigenvalue weighted by Crippen LogP contribution is 2.09. The van der Waals surface area contributed by atoms with E-state index in [4.69, 9.17) is 0 Å². The summed E-state index contributed by atoms with van der Waals surface area (Å²) in [5.74, 6) is 0. The summed E-state index contributed by atoms with van der Waals surface area (Å²) in [4.78, 5) is 4.91. The average Bonchev–Trinajstić information content (AvgIpc) is 2.34. The second-order valence-corrected chi connectivity index (χ2v) is 5.55. The summed E-state index contributed by atoms with van der Waals surface area (Å²) in [6.45, 7) is 13.8. The van der Waals surface area contributed by atoms with Crippen molar-refractivity contribution in [1.29, 1.82) is 0 Å². The largest absolute Gasteiger partial charge is 0.312 e. The van der Waals surface area contributed by atoms with Crippen molar-refractivity contribution in [1.82, 2.24) is 15.1 Å². The minimum Gasteiger partial charge on any atom is -0.312 e. The summed E-state index contributed by atoms with van der Waals surface area (Å²) in [6, 6.07) is 1.25. The zero-order valence-corrected chi connectivity index (χ0v) is 13.5. The van der Waals surface area contributed by atoms with Crippen LogP contribution in [-0.4, -0.2) is 62.2 Å². The lowest BCUT2D eigenvalue weighted by molar-refractivity contribution is 0.153. The molecule has 2 atom stereocenters. The number of rotatable bonds is 11. The van der Waals surface area contributed by atoms with Crippen LogP contribution in [0.2, 0.25) is 0 Å².